The predicted molar refractivity (Wildman–Crippen MR) is 140 cm³/mol. The number of hydrogen-bond donors (Lipinski definition) is 2. The number of nitrogens with one attached hydrogen (secondary N) is 2. The van der Waals surface area contributed by atoms with Crippen molar-refractivity contribution >= 4 is 12.0 Å². The molecule has 1 aliphatic carbocycles. The molecule has 9 heteroatoms. The Morgan fingerprint density at radius 2 is 1.92 bits per heavy atom. The summed E-state index contributed by atoms with van der Waals surface area (Å²) in [5.74, 6) is -0.293. The zero-order valence-electron chi connectivity index (χ0n) is 23.5. The van der Waals surface area contributed by atoms with Crippen molar-refractivity contribution in [1.82, 2.24) is 15.5 Å². The molecular formula is C28H47N3O6. The molecule has 0 bridgehead atoms. The highest BCUT2D eigenvalue weighted by atomic mass is 16.6. The van der Waals surface area contributed by atoms with Crippen LogP contribution in [0.4, 0.5) is 4.79 Å². The third kappa shape index (κ3) is 6.49. The summed E-state index contributed by atoms with van der Waals surface area (Å²) in [5.41, 5.74) is 0.596. The van der Waals surface area contributed by atoms with E-state index in [1.165, 1.54) is 18.4 Å². The first-order valence-electron chi connectivity index (χ1n) is 14.0. The Balaban J connectivity index is 1.35. The second-order valence-electron chi connectivity index (χ2n) is 12.0. The summed E-state index contributed by atoms with van der Waals surface area (Å²) in [6.45, 7) is 14.4. The van der Waals surface area contributed by atoms with Crippen LogP contribution in [-0.2, 0) is 23.7 Å². The molecule has 3 heterocycles. The van der Waals surface area contributed by atoms with Crippen LogP contribution in [-0.4, -0.2) is 92.4 Å². The molecule has 4 fully saturated rings. The molecule has 0 aromatic heterocycles. The van der Waals surface area contributed by atoms with Crippen molar-refractivity contribution in [2.24, 2.45) is 11.8 Å². The fraction of sp³-hybridized carbons (Fsp3) is 0.857. The van der Waals surface area contributed by atoms with Gasteiger partial charge < -0.3 is 34.5 Å². The summed E-state index contributed by atoms with van der Waals surface area (Å²) in [7, 11) is 1.66. The molecule has 0 radical (unpaired) electrons. The van der Waals surface area contributed by atoms with Crippen LogP contribution in [0.1, 0.15) is 66.7 Å². The smallest absolute Gasteiger partial charge is 0.408 e. The van der Waals surface area contributed by atoms with Crippen molar-refractivity contribution in [1.29, 1.82) is 0 Å². The Labute approximate surface area is 222 Å². The number of likely N-dealkylation sites (tertiary alicyclic amines) is 1. The van der Waals surface area contributed by atoms with Gasteiger partial charge >= 0.3 is 6.09 Å². The Morgan fingerprint density at radius 1 is 1.22 bits per heavy atom. The van der Waals surface area contributed by atoms with E-state index in [-0.39, 0.29) is 35.6 Å². The quantitative estimate of drug-likeness (QED) is 0.318. The van der Waals surface area contributed by atoms with Crippen LogP contribution in [0.2, 0.25) is 0 Å². The van der Waals surface area contributed by atoms with Crippen LogP contribution >= 0.6 is 0 Å². The molecule has 210 valence electrons. The van der Waals surface area contributed by atoms with Gasteiger partial charge in [0.15, 0.2) is 0 Å². The van der Waals surface area contributed by atoms with Crippen molar-refractivity contribution < 1.29 is 28.5 Å². The second-order valence-corrected chi connectivity index (χ2v) is 12.0. The molecule has 3 saturated heterocycles. The number of methoxy groups -OCH3 is 1. The molecular weight excluding hydrogens is 474 g/mol. The Kier molecular flexibility index (Phi) is 8.88. The first kappa shape index (κ1) is 28.3. The predicted octanol–water partition coefficient (Wildman–Crippen LogP) is 3.03. The third-order valence-corrected chi connectivity index (χ3v) is 8.64. The average molecular weight is 522 g/mol. The van der Waals surface area contributed by atoms with E-state index in [4.69, 9.17) is 18.9 Å². The number of ether oxygens (including phenoxy) is 4. The summed E-state index contributed by atoms with van der Waals surface area (Å²) < 4.78 is 24.1. The normalized spacial score (nSPS) is 35.8. The molecule has 0 unspecified atom stereocenters. The van der Waals surface area contributed by atoms with Gasteiger partial charge in [0.2, 0.25) is 5.91 Å². The number of carbonyl (C=O) groups excluding carboxylic acids is 2. The maximum atomic E-state index is 13.0. The van der Waals surface area contributed by atoms with Gasteiger partial charge in [0.1, 0.15) is 29.5 Å². The van der Waals surface area contributed by atoms with Gasteiger partial charge in [-0.15, -0.1) is 0 Å². The largest absolute Gasteiger partial charge is 0.443 e. The van der Waals surface area contributed by atoms with Gasteiger partial charge in [-0.25, -0.2) is 4.79 Å². The minimum absolute atomic E-state index is 0.0399. The van der Waals surface area contributed by atoms with Gasteiger partial charge in [0.05, 0.1) is 18.6 Å². The average Bonchev–Trinajstić information content (AvgIpc) is 3.69. The highest BCUT2D eigenvalue weighted by Crippen LogP contribution is 2.59. The van der Waals surface area contributed by atoms with Crippen LogP contribution in [0.5, 0.6) is 0 Å². The Morgan fingerprint density at radius 3 is 2.51 bits per heavy atom. The number of hydrogen-bond acceptors (Lipinski definition) is 7. The van der Waals surface area contributed by atoms with Crippen LogP contribution in [0.25, 0.3) is 0 Å². The third-order valence-electron chi connectivity index (χ3n) is 8.64. The minimum atomic E-state index is -0.665. The summed E-state index contributed by atoms with van der Waals surface area (Å²) in [5, 5.41) is 5.81. The molecule has 2 N–H and O–H groups in total. The van der Waals surface area contributed by atoms with Gasteiger partial charge in [-0.05, 0) is 71.9 Å². The zero-order chi connectivity index (χ0) is 26.8. The lowest BCUT2D eigenvalue weighted by Gasteiger charge is -2.42. The summed E-state index contributed by atoms with van der Waals surface area (Å²) >= 11 is 0. The molecule has 7 atom stereocenters. The number of allylic oxidation sites excluding steroid dienone is 1. The first-order valence-corrected chi connectivity index (χ1v) is 14.0. The molecule has 1 saturated carbocycles. The number of alkyl carbamates (subject to hydrolysis) is 1. The van der Waals surface area contributed by atoms with E-state index < -0.39 is 23.8 Å². The maximum Gasteiger partial charge on any atom is 0.408 e. The number of epoxide rings is 2. The minimum Gasteiger partial charge on any atom is -0.443 e. The van der Waals surface area contributed by atoms with Crippen LogP contribution < -0.4 is 10.6 Å². The van der Waals surface area contributed by atoms with Crippen molar-refractivity contribution in [2.45, 2.75) is 102 Å². The van der Waals surface area contributed by atoms with E-state index in [0.29, 0.717) is 19.6 Å². The molecule has 1 spiro atoms. The molecule has 37 heavy (non-hydrogen) atoms. The van der Waals surface area contributed by atoms with Gasteiger partial charge in [0, 0.05) is 20.2 Å². The Bertz CT molecular complexity index is 849. The fourth-order valence-corrected chi connectivity index (χ4v) is 6.36. The van der Waals surface area contributed by atoms with Crippen LogP contribution in [0, 0.1) is 11.8 Å². The summed E-state index contributed by atoms with van der Waals surface area (Å²) in [6.07, 6.45) is 5.62. The highest BCUT2D eigenvalue weighted by Gasteiger charge is 2.72. The molecule has 0 aromatic carbocycles. The molecule has 9 nitrogen and oxygen atoms in total. The van der Waals surface area contributed by atoms with Gasteiger partial charge in [0.25, 0.3) is 0 Å². The fourth-order valence-electron chi connectivity index (χ4n) is 6.36. The second kappa shape index (κ2) is 11.6. The monoisotopic (exact) mass is 521 g/mol. The van der Waals surface area contributed by atoms with Gasteiger partial charge in [-0.2, -0.15) is 0 Å². The highest BCUT2D eigenvalue weighted by molar-refractivity contribution is 5.85. The molecule has 4 aliphatic rings. The number of nitrogens with zero attached hydrogens (tertiary/aromatic N) is 1. The molecule has 4 rings (SSSR count). The van der Waals surface area contributed by atoms with Crippen molar-refractivity contribution in [3.63, 3.8) is 0 Å². The maximum absolute atomic E-state index is 13.0. The van der Waals surface area contributed by atoms with E-state index in [2.05, 4.69) is 42.4 Å². The van der Waals surface area contributed by atoms with Crippen molar-refractivity contribution in [3.8, 4) is 0 Å². The van der Waals surface area contributed by atoms with Crippen LogP contribution in [0.15, 0.2) is 11.6 Å². The van der Waals surface area contributed by atoms with Crippen LogP contribution in [0.3, 0.4) is 0 Å². The SMILES string of the molecule is CO[C@@H]1[C@H](OC(=O)N[C@@H](C(=O)NCCN2CCCC2)C(C)C)CC[C@]2(CO2)[C@H]1[C@]1(C)O[C@H]1CC=C(C)C. The topological polar surface area (TPSA) is 105 Å². The lowest BCUT2D eigenvalue weighted by molar-refractivity contribution is -0.125. The van der Waals surface area contributed by atoms with Gasteiger partial charge in [-0.1, -0.05) is 25.5 Å². The molecule has 0 aromatic rings. The van der Waals surface area contributed by atoms with Gasteiger partial charge in [-0.3, -0.25) is 4.79 Å². The van der Waals surface area contributed by atoms with E-state index in [1.807, 2.05) is 13.8 Å². The molecule has 3 aliphatic heterocycles. The summed E-state index contributed by atoms with van der Waals surface area (Å²) in [4.78, 5) is 28.2. The zero-order valence-corrected chi connectivity index (χ0v) is 23.5. The lowest BCUT2D eigenvalue weighted by atomic mass is 9.68. The van der Waals surface area contributed by atoms with Crippen molar-refractivity contribution in [3.05, 3.63) is 11.6 Å². The van der Waals surface area contributed by atoms with E-state index in [0.717, 1.165) is 32.5 Å². The number of rotatable bonds is 11. The Hall–Kier alpha value is -1.68. The van der Waals surface area contributed by atoms with E-state index in [9.17, 15) is 9.59 Å². The summed E-state index contributed by atoms with van der Waals surface area (Å²) in [6, 6.07) is -0.665. The first-order chi connectivity index (χ1) is 17.6. The lowest BCUT2D eigenvalue weighted by Crippen LogP contribution is -2.57. The van der Waals surface area contributed by atoms with E-state index >= 15 is 0 Å². The number of carbonyl (C=O) groups is 2. The standard InChI is InChI=1S/C28H47N3O6/c1-18(2)9-10-21-27(5,37-21)24-23(34-6)20(11-12-28(24)17-35-28)36-26(33)30-22(19(3)4)25(32)29-13-16-31-14-7-8-15-31/h9,19-24H,7-8,10-17H2,1-6H3,(H,29,32)(H,30,33)/t20-,21+,22-,23-,24-,27-,28+/m1/s1. The van der Waals surface area contributed by atoms with E-state index in [1.54, 1.807) is 7.11 Å². The van der Waals surface area contributed by atoms with Crippen molar-refractivity contribution in [2.75, 3.05) is 39.9 Å². The number of amides is 2. The molecule has 2 amide bonds.